The summed E-state index contributed by atoms with van der Waals surface area (Å²) in [6.07, 6.45) is -0.115. The molecule has 0 aromatic carbocycles. The quantitative estimate of drug-likeness (QED) is 0.280. The van der Waals surface area contributed by atoms with Crippen LogP contribution in [-0.4, -0.2) is 80.2 Å². The van der Waals surface area contributed by atoms with Crippen molar-refractivity contribution in [1.29, 1.82) is 0 Å². The molecule has 1 fully saturated rings. The highest BCUT2D eigenvalue weighted by Crippen LogP contribution is 2.33. The van der Waals surface area contributed by atoms with E-state index in [1.165, 1.54) is 12.7 Å². The Morgan fingerprint density at radius 1 is 1.29 bits per heavy atom. The Morgan fingerprint density at radius 3 is 2.93 bits per heavy atom. The maximum absolute atomic E-state index is 10.4. The van der Waals surface area contributed by atoms with Gasteiger partial charge in [0.2, 0.25) is 0 Å². The lowest BCUT2D eigenvalue weighted by molar-refractivity contribution is -0.0289. The second-order valence-corrected chi connectivity index (χ2v) is 7.52. The van der Waals surface area contributed by atoms with Gasteiger partial charge in [-0.3, -0.25) is 4.57 Å². The van der Waals surface area contributed by atoms with Crippen LogP contribution in [0.25, 0.3) is 11.2 Å². The Morgan fingerprint density at radius 2 is 2.14 bits per heavy atom. The van der Waals surface area contributed by atoms with E-state index in [9.17, 15) is 10.2 Å². The van der Waals surface area contributed by atoms with E-state index in [1.807, 2.05) is 0 Å². The van der Waals surface area contributed by atoms with E-state index in [2.05, 4.69) is 35.6 Å². The molecule has 3 aromatic rings. The molecule has 150 valence electrons. The van der Waals surface area contributed by atoms with Gasteiger partial charge in [-0.1, -0.05) is 5.21 Å². The zero-order chi connectivity index (χ0) is 19.7. The van der Waals surface area contributed by atoms with Crippen molar-refractivity contribution in [3.63, 3.8) is 0 Å². The Kier molecular flexibility index (Phi) is 5.36. The molecule has 0 spiro atoms. The molecule has 4 rings (SSSR count). The van der Waals surface area contributed by atoms with Gasteiger partial charge in [-0.2, -0.15) is 17.0 Å². The standard InChI is InChI=1S/C14H20N10O3S/c15-6(12-20-22-23-21-12)1-2-28-3-7-9(25)10(26)14(27-7)24-5-19-8-11(16)17-4-18-13(8)24/h4-7,9-10,14,25-26H,1-3,15H2,(H2,16,17,18)(H,20,21,22,23)/t6-,7+,9+,10+,14+/m0/s1. The summed E-state index contributed by atoms with van der Waals surface area (Å²) in [7, 11) is 0. The molecule has 5 atom stereocenters. The third-order valence-corrected chi connectivity index (χ3v) is 5.64. The largest absolute Gasteiger partial charge is 0.387 e. The number of hydrogen-bond donors (Lipinski definition) is 5. The second kappa shape index (κ2) is 7.92. The number of hydrogen-bond acceptors (Lipinski definition) is 12. The Labute approximate surface area is 162 Å². The van der Waals surface area contributed by atoms with Crippen LogP contribution in [-0.2, 0) is 4.74 Å². The fraction of sp³-hybridized carbons (Fsp3) is 0.571. The number of nitrogens with zero attached hydrogens (tertiary/aromatic N) is 7. The third-order valence-electron chi connectivity index (χ3n) is 4.55. The summed E-state index contributed by atoms with van der Waals surface area (Å²) in [6, 6.07) is -0.318. The van der Waals surface area contributed by atoms with Crippen LogP contribution in [0.4, 0.5) is 5.82 Å². The predicted octanol–water partition coefficient (Wildman–Crippen LogP) is -1.64. The summed E-state index contributed by atoms with van der Waals surface area (Å²) in [5, 5.41) is 34.4. The van der Waals surface area contributed by atoms with Crippen molar-refractivity contribution in [3.8, 4) is 0 Å². The maximum Gasteiger partial charge on any atom is 0.191 e. The summed E-state index contributed by atoms with van der Waals surface area (Å²) in [6.45, 7) is 0. The van der Waals surface area contributed by atoms with Crippen LogP contribution in [0.3, 0.4) is 0 Å². The van der Waals surface area contributed by atoms with Crippen molar-refractivity contribution in [1.82, 2.24) is 40.1 Å². The number of aromatic nitrogens is 8. The zero-order valence-electron chi connectivity index (χ0n) is 14.7. The molecule has 28 heavy (non-hydrogen) atoms. The average molecular weight is 408 g/mol. The monoisotopic (exact) mass is 408 g/mol. The molecule has 0 unspecified atom stereocenters. The number of imidazole rings is 1. The number of aromatic amines is 1. The lowest BCUT2D eigenvalue weighted by Gasteiger charge is -2.16. The minimum Gasteiger partial charge on any atom is -0.387 e. The number of nitrogens with two attached hydrogens (primary N) is 2. The van der Waals surface area contributed by atoms with Crippen molar-refractivity contribution < 1.29 is 14.9 Å². The zero-order valence-corrected chi connectivity index (χ0v) is 15.5. The van der Waals surface area contributed by atoms with E-state index >= 15 is 0 Å². The minimum atomic E-state index is -1.12. The second-order valence-electron chi connectivity index (χ2n) is 6.37. The van der Waals surface area contributed by atoms with Gasteiger partial charge in [0.15, 0.2) is 23.5 Å². The highest BCUT2D eigenvalue weighted by molar-refractivity contribution is 7.99. The molecule has 13 nitrogen and oxygen atoms in total. The van der Waals surface area contributed by atoms with Gasteiger partial charge < -0.3 is 26.4 Å². The number of fused-ring (bicyclic) bond motifs is 1. The summed E-state index contributed by atoms with van der Waals surface area (Å²) < 4.78 is 7.44. The molecule has 1 saturated heterocycles. The third kappa shape index (κ3) is 3.51. The summed E-state index contributed by atoms with van der Waals surface area (Å²) >= 11 is 1.55. The van der Waals surface area contributed by atoms with Crippen LogP contribution < -0.4 is 11.5 Å². The van der Waals surface area contributed by atoms with Gasteiger partial charge in [-0.05, 0) is 12.2 Å². The molecule has 0 radical (unpaired) electrons. The number of H-pyrrole nitrogens is 1. The molecule has 7 N–H and O–H groups in total. The molecule has 14 heteroatoms. The van der Waals surface area contributed by atoms with Crippen molar-refractivity contribution in [3.05, 3.63) is 18.5 Å². The number of thioether (sulfide) groups is 1. The van der Waals surface area contributed by atoms with Crippen molar-refractivity contribution in [2.45, 2.75) is 37.0 Å². The first-order valence-corrected chi connectivity index (χ1v) is 9.73. The number of tetrazole rings is 1. The Bertz CT molecular complexity index is 921. The van der Waals surface area contributed by atoms with Crippen LogP contribution in [0.5, 0.6) is 0 Å². The lowest BCUT2D eigenvalue weighted by Crippen LogP contribution is -2.32. The van der Waals surface area contributed by atoms with Crippen LogP contribution in [0.2, 0.25) is 0 Å². The molecule has 0 amide bonds. The summed E-state index contributed by atoms with van der Waals surface area (Å²) in [4.78, 5) is 12.2. The van der Waals surface area contributed by atoms with Gasteiger partial charge in [0.05, 0.1) is 18.5 Å². The highest BCUT2D eigenvalue weighted by Gasteiger charge is 2.44. The summed E-state index contributed by atoms with van der Waals surface area (Å²) in [5.74, 6) is 1.89. The van der Waals surface area contributed by atoms with Gasteiger partial charge in [-0.25, -0.2) is 15.0 Å². The molecule has 3 aromatic heterocycles. The number of ether oxygens (including phenoxy) is 1. The van der Waals surface area contributed by atoms with Gasteiger partial charge in [0.1, 0.15) is 24.1 Å². The Hall–Kier alpha value is -2.39. The first kappa shape index (κ1) is 18.9. The minimum absolute atomic E-state index is 0.238. The first-order chi connectivity index (χ1) is 13.6. The van der Waals surface area contributed by atoms with Crippen LogP contribution >= 0.6 is 11.8 Å². The van der Waals surface area contributed by atoms with Crippen molar-refractivity contribution in [2.24, 2.45) is 5.73 Å². The molecule has 1 aliphatic heterocycles. The molecular formula is C14H20N10O3S. The van der Waals surface area contributed by atoms with Gasteiger partial charge in [0, 0.05) is 5.75 Å². The molecule has 0 aliphatic carbocycles. The first-order valence-electron chi connectivity index (χ1n) is 8.57. The lowest BCUT2D eigenvalue weighted by atomic mass is 10.1. The molecule has 4 heterocycles. The van der Waals surface area contributed by atoms with E-state index in [-0.39, 0.29) is 11.9 Å². The molecule has 1 aliphatic rings. The number of aliphatic hydroxyl groups excluding tert-OH is 2. The fourth-order valence-electron chi connectivity index (χ4n) is 3.02. The number of rotatable bonds is 7. The predicted molar refractivity (Wildman–Crippen MR) is 98.7 cm³/mol. The van der Waals surface area contributed by atoms with E-state index in [1.54, 1.807) is 16.3 Å². The summed E-state index contributed by atoms with van der Waals surface area (Å²) in [5.41, 5.74) is 12.6. The number of nitrogen functional groups attached to an aromatic ring is 1. The van der Waals surface area contributed by atoms with Gasteiger partial charge in [-0.15, -0.1) is 10.2 Å². The van der Waals surface area contributed by atoms with Gasteiger partial charge >= 0.3 is 0 Å². The van der Waals surface area contributed by atoms with Crippen LogP contribution in [0.15, 0.2) is 12.7 Å². The molecular weight excluding hydrogens is 388 g/mol. The van der Waals surface area contributed by atoms with E-state index in [0.717, 1.165) is 0 Å². The van der Waals surface area contributed by atoms with Gasteiger partial charge in [0.25, 0.3) is 0 Å². The number of nitrogens with one attached hydrogen (secondary N) is 1. The smallest absolute Gasteiger partial charge is 0.191 e. The van der Waals surface area contributed by atoms with Crippen molar-refractivity contribution in [2.75, 3.05) is 17.2 Å². The van der Waals surface area contributed by atoms with E-state index < -0.39 is 24.5 Å². The SMILES string of the molecule is Nc1ncnc2c1ncn2[C@@H]1O[C@H](CSCC[C@H](N)c2nn[nH]n2)[C@@H](O)[C@H]1O. The maximum atomic E-state index is 10.4. The van der Waals surface area contributed by atoms with Crippen LogP contribution in [0.1, 0.15) is 24.5 Å². The van der Waals surface area contributed by atoms with E-state index in [0.29, 0.717) is 34.9 Å². The normalized spacial score (nSPS) is 26.1. The van der Waals surface area contributed by atoms with Crippen LogP contribution in [0, 0.1) is 0 Å². The van der Waals surface area contributed by atoms with E-state index in [4.69, 9.17) is 16.2 Å². The van der Waals surface area contributed by atoms with Crippen molar-refractivity contribution >= 4 is 28.7 Å². The molecule has 0 saturated carbocycles. The topological polar surface area (TPSA) is 200 Å². The average Bonchev–Trinajstić information content (AvgIpc) is 3.41. The fourth-order valence-corrected chi connectivity index (χ4v) is 4.11. The Balaban J connectivity index is 1.36. The number of aliphatic hydroxyl groups is 2. The number of anilines is 1. The highest BCUT2D eigenvalue weighted by atomic mass is 32.2. The molecule has 0 bridgehead atoms.